The highest BCUT2D eigenvalue weighted by atomic mass is 32.1. The van der Waals surface area contributed by atoms with Crippen LogP contribution in [0.3, 0.4) is 0 Å². The molecule has 0 aliphatic rings. The lowest BCUT2D eigenvalue weighted by molar-refractivity contribution is 0.0588. The summed E-state index contributed by atoms with van der Waals surface area (Å²) in [5.41, 5.74) is 5.80. The third-order valence-corrected chi connectivity index (χ3v) is 4.04. The van der Waals surface area contributed by atoms with Crippen LogP contribution in [0.25, 0.3) is 0 Å². The van der Waals surface area contributed by atoms with E-state index < -0.39 is 6.10 Å². The molecule has 0 saturated carbocycles. The third-order valence-electron chi connectivity index (χ3n) is 2.86. The summed E-state index contributed by atoms with van der Waals surface area (Å²) in [5.74, 6) is -0.0151. The second kappa shape index (κ2) is 8.81. The molecule has 1 rings (SSSR count). The molecule has 1 heterocycles. The van der Waals surface area contributed by atoms with Gasteiger partial charge in [0.2, 0.25) is 0 Å². The highest BCUT2D eigenvalue weighted by Gasteiger charge is 2.17. The topological polar surface area (TPSA) is 101 Å². The predicted molar refractivity (Wildman–Crippen MR) is 84.9 cm³/mol. The second-order valence-corrected chi connectivity index (χ2v) is 5.76. The summed E-state index contributed by atoms with van der Waals surface area (Å²) >= 11 is 1.28. The molecule has 0 saturated heterocycles. The fourth-order valence-electron chi connectivity index (χ4n) is 1.79. The van der Waals surface area contributed by atoms with E-state index in [1.54, 1.807) is 0 Å². The maximum absolute atomic E-state index is 12.0. The number of thiazole rings is 1. The Morgan fingerprint density at radius 3 is 2.95 bits per heavy atom. The van der Waals surface area contributed by atoms with Gasteiger partial charge in [-0.05, 0) is 12.8 Å². The van der Waals surface area contributed by atoms with E-state index in [0.29, 0.717) is 17.8 Å². The van der Waals surface area contributed by atoms with Gasteiger partial charge in [-0.1, -0.05) is 18.3 Å². The summed E-state index contributed by atoms with van der Waals surface area (Å²) in [7, 11) is 3.44. The summed E-state index contributed by atoms with van der Waals surface area (Å²) in [6, 6.07) is 0. The zero-order valence-corrected chi connectivity index (χ0v) is 13.6. The van der Waals surface area contributed by atoms with Crippen LogP contribution in [-0.2, 0) is 4.74 Å². The molecule has 0 aliphatic carbocycles. The highest BCUT2D eigenvalue weighted by Crippen LogP contribution is 2.27. The van der Waals surface area contributed by atoms with Crippen molar-refractivity contribution in [3.8, 4) is 0 Å². The van der Waals surface area contributed by atoms with E-state index in [9.17, 15) is 9.90 Å². The first-order chi connectivity index (χ1) is 9.99. The van der Waals surface area contributed by atoms with Crippen molar-refractivity contribution in [3.63, 3.8) is 0 Å². The molecule has 1 aromatic heterocycles. The van der Waals surface area contributed by atoms with E-state index >= 15 is 0 Å². The van der Waals surface area contributed by atoms with Gasteiger partial charge in [-0.15, -0.1) is 0 Å². The Labute approximate surface area is 129 Å². The predicted octanol–water partition coefficient (Wildman–Crippen LogP) is 0.699. The molecule has 120 valence electrons. The number of rotatable bonds is 9. The number of carbonyl (C=O) groups excluding carboxylic acids is 1. The van der Waals surface area contributed by atoms with Crippen LogP contribution < -0.4 is 16.0 Å². The summed E-state index contributed by atoms with van der Waals surface area (Å²) in [6.45, 7) is 3.55. The maximum Gasteiger partial charge on any atom is 0.265 e. The first-order valence-corrected chi connectivity index (χ1v) is 7.73. The van der Waals surface area contributed by atoms with Gasteiger partial charge in [-0.25, -0.2) is 4.98 Å². The standard InChI is InChI=1S/C13H24N4O3S/c1-4-7-17(2)13-16-11(14)10(21-13)12(19)15-6-5-9(18)8-20-3/h9,18H,4-8,14H2,1-3H3,(H,15,19). The van der Waals surface area contributed by atoms with Gasteiger partial charge < -0.3 is 25.8 Å². The first-order valence-electron chi connectivity index (χ1n) is 6.92. The third kappa shape index (κ3) is 5.49. The monoisotopic (exact) mass is 316 g/mol. The maximum atomic E-state index is 12.0. The lowest BCUT2D eigenvalue weighted by atomic mass is 10.2. The van der Waals surface area contributed by atoms with Gasteiger partial charge >= 0.3 is 0 Å². The van der Waals surface area contributed by atoms with Gasteiger partial charge in [0.1, 0.15) is 10.7 Å². The van der Waals surface area contributed by atoms with Crippen LogP contribution in [0.15, 0.2) is 0 Å². The van der Waals surface area contributed by atoms with Crippen LogP contribution in [0.5, 0.6) is 0 Å². The number of anilines is 2. The Balaban J connectivity index is 2.54. The van der Waals surface area contributed by atoms with Crippen molar-refractivity contribution >= 4 is 28.2 Å². The Hall–Kier alpha value is -1.38. The Bertz CT molecular complexity index is 453. The van der Waals surface area contributed by atoms with Crippen LogP contribution in [0.1, 0.15) is 29.4 Å². The molecule has 4 N–H and O–H groups in total. The van der Waals surface area contributed by atoms with Gasteiger partial charge in [-0.3, -0.25) is 4.79 Å². The molecular weight excluding hydrogens is 292 g/mol. The molecule has 0 aromatic carbocycles. The molecule has 1 amide bonds. The van der Waals surface area contributed by atoms with Gasteiger partial charge in [0.05, 0.1) is 12.7 Å². The SMILES string of the molecule is CCCN(C)c1nc(N)c(C(=O)NCCC(O)COC)s1. The Kier molecular flexibility index (Phi) is 7.41. The van der Waals surface area contributed by atoms with Crippen molar-refractivity contribution in [2.24, 2.45) is 0 Å². The molecule has 1 unspecified atom stereocenters. The number of methoxy groups -OCH3 is 1. The van der Waals surface area contributed by atoms with E-state index in [2.05, 4.69) is 17.2 Å². The molecular formula is C13H24N4O3S. The van der Waals surface area contributed by atoms with Gasteiger partial charge in [0.25, 0.3) is 5.91 Å². The smallest absolute Gasteiger partial charge is 0.265 e. The normalized spacial score (nSPS) is 12.2. The number of aliphatic hydroxyl groups is 1. The van der Waals surface area contributed by atoms with E-state index in [0.717, 1.165) is 18.1 Å². The molecule has 7 nitrogen and oxygen atoms in total. The lowest BCUT2D eigenvalue weighted by Crippen LogP contribution is -2.28. The molecule has 1 atom stereocenters. The average Bonchev–Trinajstić information content (AvgIpc) is 2.81. The lowest BCUT2D eigenvalue weighted by Gasteiger charge is -2.13. The minimum atomic E-state index is -0.583. The number of hydrogen-bond donors (Lipinski definition) is 3. The van der Waals surface area contributed by atoms with Gasteiger partial charge in [-0.2, -0.15) is 0 Å². The number of nitrogens with one attached hydrogen (secondary N) is 1. The number of aromatic nitrogens is 1. The molecule has 0 bridgehead atoms. The summed E-state index contributed by atoms with van der Waals surface area (Å²) < 4.78 is 4.82. The van der Waals surface area contributed by atoms with Crippen LogP contribution in [0.4, 0.5) is 10.9 Å². The zero-order chi connectivity index (χ0) is 15.8. The molecule has 0 fully saturated rings. The number of nitrogens with two attached hydrogens (primary N) is 1. The van der Waals surface area contributed by atoms with Crippen molar-refractivity contribution in [3.05, 3.63) is 4.88 Å². The molecule has 8 heteroatoms. The van der Waals surface area contributed by atoms with E-state index in [-0.39, 0.29) is 18.3 Å². The van der Waals surface area contributed by atoms with Crippen LogP contribution in [-0.4, -0.2) is 56.0 Å². The highest BCUT2D eigenvalue weighted by molar-refractivity contribution is 7.18. The van der Waals surface area contributed by atoms with Crippen molar-refractivity contribution in [1.29, 1.82) is 0 Å². The number of nitrogens with zero attached hydrogens (tertiary/aromatic N) is 2. The zero-order valence-electron chi connectivity index (χ0n) is 12.8. The number of nitrogen functional groups attached to an aromatic ring is 1. The second-order valence-electron chi connectivity index (χ2n) is 4.79. The van der Waals surface area contributed by atoms with E-state index in [1.165, 1.54) is 18.4 Å². The van der Waals surface area contributed by atoms with Crippen LogP contribution in [0, 0.1) is 0 Å². The molecule has 21 heavy (non-hydrogen) atoms. The number of hydrogen-bond acceptors (Lipinski definition) is 7. The summed E-state index contributed by atoms with van der Waals surface area (Å²) in [6.07, 6.45) is 0.843. The van der Waals surface area contributed by atoms with Crippen LogP contribution in [0.2, 0.25) is 0 Å². The quantitative estimate of drug-likeness (QED) is 0.620. The van der Waals surface area contributed by atoms with Crippen molar-refractivity contribution < 1.29 is 14.6 Å². The number of ether oxygens (including phenoxy) is 1. The molecule has 0 aliphatic heterocycles. The summed E-state index contributed by atoms with van der Waals surface area (Å²) in [5, 5.41) is 13.0. The largest absolute Gasteiger partial charge is 0.391 e. The van der Waals surface area contributed by atoms with Crippen molar-refractivity contribution in [1.82, 2.24) is 10.3 Å². The summed E-state index contributed by atoms with van der Waals surface area (Å²) in [4.78, 5) is 18.6. The number of carbonyl (C=O) groups is 1. The van der Waals surface area contributed by atoms with E-state index in [1.807, 2.05) is 11.9 Å². The van der Waals surface area contributed by atoms with E-state index in [4.69, 9.17) is 10.5 Å². The average molecular weight is 316 g/mol. The van der Waals surface area contributed by atoms with Gasteiger partial charge in [0.15, 0.2) is 5.13 Å². The molecule has 0 spiro atoms. The molecule has 0 radical (unpaired) electrons. The van der Waals surface area contributed by atoms with Gasteiger partial charge in [0, 0.05) is 27.2 Å². The Morgan fingerprint density at radius 1 is 1.62 bits per heavy atom. The number of amides is 1. The minimum absolute atomic E-state index is 0.243. The first kappa shape index (κ1) is 17.7. The minimum Gasteiger partial charge on any atom is -0.391 e. The van der Waals surface area contributed by atoms with Crippen molar-refractivity contribution in [2.75, 3.05) is 44.5 Å². The molecule has 1 aromatic rings. The fraction of sp³-hybridized carbons (Fsp3) is 0.692. The fourth-order valence-corrected chi connectivity index (χ4v) is 2.67. The van der Waals surface area contributed by atoms with Crippen molar-refractivity contribution in [2.45, 2.75) is 25.9 Å². The van der Waals surface area contributed by atoms with Crippen LogP contribution >= 0.6 is 11.3 Å². The number of aliphatic hydroxyl groups excluding tert-OH is 1. The Morgan fingerprint density at radius 2 is 2.33 bits per heavy atom.